The Kier molecular flexibility index (Phi) is 5.60. The summed E-state index contributed by atoms with van der Waals surface area (Å²) in [6.07, 6.45) is 0.881. The van der Waals surface area contributed by atoms with Crippen molar-refractivity contribution in [3.63, 3.8) is 0 Å². The minimum absolute atomic E-state index is 0.0710. The molecule has 5 nitrogen and oxygen atoms in total. The number of benzene rings is 1. The molecule has 22 heavy (non-hydrogen) atoms. The Morgan fingerprint density at radius 3 is 2.77 bits per heavy atom. The molecule has 0 atom stereocenters. The predicted octanol–water partition coefficient (Wildman–Crippen LogP) is 3.79. The second-order valence-corrected chi connectivity index (χ2v) is 6.29. The Hall–Kier alpha value is -1.82. The third kappa shape index (κ3) is 4.10. The van der Waals surface area contributed by atoms with Crippen molar-refractivity contribution in [1.29, 1.82) is 0 Å². The van der Waals surface area contributed by atoms with E-state index >= 15 is 0 Å². The molecular formula is C16H21N3O2S. The summed E-state index contributed by atoms with van der Waals surface area (Å²) >= 11 is 1.25. The van der Waals surface area contributed by atoms with E-state index in [4.69, 9.17) is 4.42 Å². The number of hydrogen-bond donors (Lipinski definition) is 1. The van der Waals surface area contributed by atoms with Gasteiger partial charge in [0, 0.05) is 11.6 Å². The maximum absolute atomic E-state index is 12.1. The monoisotopic (exact) mass is 319 g/mol. The van der Waals surface area contributed by atoms with E-state index in [1.807, 2.05) is 39.0 Å². The van der Waals surface area contributed by atoms with Crippen LogP contribution in [0.1, 0.15) is 43.7 Å². The van der Waals surface area contributed by atoms with Gasteiger partial charge in [0.1, 0.15) is 0 Å². The molecule has 0 spiro atoms. The molecule has 118 valence electrons. The average Bonchev–Trinajstić information content (AvgIpc) is 2.96. The van der Waals surface area contributed by atoms with Gasteiger partial charge in [0.15, 0.2) is 0 Å². The maximum Gasteiger partial charge on any atom is 0.277 e. The minimum Gasteiger partial charge on any atom is -0.416 e. The molecule has 1 aromatic heterocycles. The zero-order valence-corrected chi connectivity index (χ0v) is 14.2. The molecule has 0 aliphatic heterocycles. The van der Waals surface area contributed by atoms with E-state index in [1.54, 1.807) is 0 Å². The molecule has 2 aromatic rings. The summed E-state index contributed by atoms with van der Waals surface area (Å²) in [6.45, 7) is 8.04. The molecule has 2 rings (SSSR count). The molecule has 0 bridgehead atoms. The molecule has 0 aliphatic rings. The van der Waals surface area contributed by atoms with Gasteiger partial charge in [0.05, 0.1) is 5.75 Å². The predicted molar refractivity (Wildman–Crippen MR) is 88.3 cm³/mol. The average molecular weight is 319 g/mol. The van der Waals surface area contributed by atoms with E-state index in [2.05, 4.69) is 22.4 Å². The lowest BCUT2D eigenvalue weighted by Crippen LogP contribution is -2.16. The van der Waals surface area contributed by atoms with Gasteiger partial charge in [0.2, 0.25) is 11.8 Å². The van der Waals surface area contributed by atoms with Crippen molar-refractivity contribution < 1.29 is 9.21 Å². The molecule has 1 N–H and O–H groups in total. The number of carbonyl (C=O) groups is 1. The fourth-order valence-corrected chi connectivity index (χ4v) is 2.59. The molecule has 1 aromatic carbocycles. The smallest absolute Gasteiger partial charge is 0.277 e. The second-order valence-electron chi connectivity index (χ2n) is 5.36. The van der Waals surface area contributed by atoms with E-state index in [9.17, 15) is 4.79 Å². The Bertz CT molecular complexity index is 653. The van der Waals surface area contributed by atoms with Crippen LogP contribution in [-0.2, 0) is 11.2 Å². The molecular weight excluding hydrogens is 298 g/mol. The van der Waals surface area contributed by atoms with E-state index < -0.39 is 0 Å². The highest BCUT2D eigenvalue weighted by molar-refractivity contribution is 7.99. The third-order valence-corrected chi connectivity index (χ3v) is 4.07. The van der Waals surface area contributed by atoms with Crippen molar-refractivity contribution in [2.45, 2.75) is 45.3 Å². The number of rotatable bonds is 6. The van der Waals surface area contributed by atoms with E-state index in [1.165, 1.54) is 11.8 Å². The fraction of sp³-hybridized carbons (Fsp3) is 0.438. The van der Waals surface area contributed by atoms with Gasteiger partial charge in [-0.25, -0.2) is 0 Å². The van der Waals surface area contributed by atoms with E-state index in [-0.39, 0.29) is 17.6 Å². The highest BCUT2D eigenvalue weighted by atomic mass is 32.2. The Balaban J connectivity index is 1.96. The Morgan fingerprint density at radius 2 is 2.14 bits per heavy atom. The summed E-state index contributed by atoms with van der Waals surface area (Å²) in [5.41, 5.74) is 3.11. The minimum atomic E-state index is -0.0710. The van der Waals surface area contributed by atoms with Gasteiger partial charge in [0.25, 0.3) is 5.22 Å². The normalized spacial score (nSPS) is 11.0. The van der Waals surface area contributed by atoms with Crippen LogP contribution in [0.4, 0.5) is 5.69 Å². The SMILES string of the molecule is CCc1cccc(C)c1NC(=O)CSc1nnc(C(C)C)o1. The first-order valence-electron chi connectivity index (χ1n) is 7.35. The number of anilines is 1. The number of para-hydroxylation sites is 1. The molecule has 0 saturated heterocycles. The summed E-state index contributed by atoms with van der Waals surface area (Å²) in [5, 5.41) is 11.3. The summed E-state index contributed by atoms with van der Waals surface area (Å²) in [5.74, 6) is 0.958. The third-order valence-electron chi connectivity index (χ3n) is 3.25. The highest BCUT2D eigenvalue weighted by Gasteiger charge is 2.13. The molecule has 0 unspecified atom stereocenters. The van der Waals surface area contributed by atoms with Crippen LogP contribution >= 0.6 is 11.8 Å². The molecule has 0 fully saturated rings. The molecule has 0 aliphatic carbocycles. The highest BCUT2D eigenvalue weighted by Crippen LogP contribution is 2.23. The fourth-order valence-electron chi connectivity index (χ4n) is 2.02. The summed E-state index contributed by atoms with van der Waals surface area (Å²) < 4.78 is 5.48. The van der Waals surface area contributed by atoms with Crippen molar-refractivity contribution in [2.75, 3.05) is 11.1 Å². The quantitative estimate of drug-likeness (QED) is 0.820. The lowest BCUT2D eigenvalue weighted by molar-refractivity contribution is -0.113. The zero-order valence-electron chi connectivity index (χ0n) is 13.3. The van der Waals surface area contributed by atoms with Gasteiger partial charge in [-0.05, 0) is 24.5 Å². The molecule has 0 radical (unpaired) electrons. The Labute approximate surface area is 134 Å². The van der Waals surface area contributed by atoms with Gasteiger partial charge in [-0.3, -0.25) is 4.79 Å². The second kappa shape index (κ2) is 7.45. The topological polar surface area (TPSA) is 68.0 Å². The first kappa shape index (κ1) is 16.5. The van der Waals surface area contributed by atoms with E-state index in [0.29, 0.717) is 11.1 Å². The van der Waals surface area contributed by atoms with Crippen LogP contribution in [0.15, 0.2) is 27.8 Å². The number of amides is 1. The van der Waals surface area contributed by atoms with Gasteiger partial charge in [-0.15, -0.1) is 10.2 Å². The number of nitrogens with zero attached hydrogens (tertiary/aromatic N) is 2. The lowest BCUT2D eigenvalue weighted by atomic mass is 10.1. The van der Waals surface area contributed by atoms with Crippen LogP contribution in [0.25, 0.3) is 0 Å². The Morgan fingerprint density at radius 1 is 1.36 bits per heavy atom. The summed E-state index contributed by atoms with van der Waals surface area (Å²) in [6, 6.07) is 6.03. The largest absolute Gasteiger partial charge is 0.416 e. The standard InChI is InChI=1S/C16H21N3O2S/c1-5-12-8-6-7-11(4)14(12)17-13(20)9-22-16-19-18-15(21-16)10(2)3/h6-8,10H,5,9H2,1-4H3,(H,17,20). The molecule has 6 heteroatoms. The van der Waals surface area contributed by atoms with Crippen molar-refractivity contribution >= 4 is 23.4 Å². The van der Waals surface area contributed by atoms with Gasteiger partial charge < -0.3 is 9.73 Å². The zero-order chi connectivity index (χ0) is 16.1. The summed E-state index contributed by atoms with van der Waals surface area (Å²) in [7, 11) is 0. The van der Waals surface area contributed by atoms with Crippen LogP contribution in [0.2, 0.25) is 0 Å². The van der Waals surface area contributed by atoms with Crippen LogP contribution in [0.3, 0.4) is 0 Å². The van der Waals surface area contributed by atoms with Crippen LogP contribution in [0.5, 0.6) is 0 Å². The van der Waals surface area contributed by atoms with Crippen LogP contribution in [-0.4, -0.2) is 21.9 Å². The number of carbonyl (C=O) groups excluding carboxylic acids is 1. The van der Waals surface area contributed by atoms with Crippen molar-refractivity contribution in [3.8, 4) is 0 Å². The van der Waals surface area contributed by atoms with Gasteiger partial charge in [-0.1, -0.05) is 50.7 Å². The first-order valence-corrected chi connectivity index (χ1v) is 8.34. The van der Waals surface area contributed by atoms with Crippen LogP contribution in [0, 0.1) is 6.92 Å². The van der Waals surface area contributed by atoms with Gasteiger partial charge in [-0.2, -0.15) is 0 Å². The molecule has 1 amide bonds. The van der Waals surface area contributed by atoms with Crippen molar-refractivity contribution in [3.05, 3.63) is 35.2 Å². The maximum atomic E-state index is 12.1. The number of hydrogen-bond acceptors (Lipinski definition) is 5. The van der Waals surface area contributed by atoms with Crippen LogP contribution < -0.4 is 5.32 Å². The molecule has 1 heterocycles. The number of aryl methyl sites for hydroxylation is 2. The van der Waals surface area contributed by atoms with E-state index in [0.717, 1.165) is 23.2 Å². The number of nitrogens with one attached hydrogen (secondary N) is 1. The van der Waals surface area contributed by atoms with Crippen molar-refractivity contribution in [2.24, 2.45) is 0 Å². The number of thioether (sulfide) groups is 1. The van der Waals surface area contributed by atoms with Gasteiger partial charge >= 0.3 is 0 Å². The summed E-state index contributed by atoms with van der Waals surface area (Å²) in [4.78, 5) is 12.1. The first-order chi connectivity index (χ1) is 10.5. The number of aromatic nitrogens is 2. The molecule has 0 saturated carbocycles. The van der Waals surface area contributed by atoms with Crippen molar-refractivity contribution in [1.82, 2.24) is 10.2 Å². The lowest BCUT2D eigenvalue weighted by Gasteiger charge is -2.12.